The van der Waals surface area contributed by atoms with Gasteiger partial charge < -0.3 is 0 Å². The van der Waals surface area contributed by atoms with E-state index < -0.39 is 0 Å². The van der Waals surface area contributed by atoms with Crippen LogP contribution < -0.4 is 0 Å². The van der Waals surface area contributed by atoms with Gasteiger partial charge in [0.25, 0.3) is 0 Å². The van der Waals surface area contributed by atoms with Crippen molar-refractivity contribution < 1.29 is 4.39 Å². The van der Waals surface area contributed by atoms with Gasteiger partial charge in [0.2, 0.25) is 0 Å². The summed E-state index contributed by atoms with van der Waals surface area (Å²) in [5, 5.41) is 0.0706. The minimum Gasteiger partial charge on any atom is -0.207 e. The zero-order valence-corrected chi connectivity index (χ0v) is 11.4. The molecule has 0 heterocycles. The van der Waals surface area contributed by atoms with E-state index in [0.29, 0.717) is 5.92 Å². The first-order valence-corrected chi connectivity index (χ1v) is 7.59. The van der Waals surface area contributed by atoms with Crippen molar-refractivity contribution in [3.8, 4) is 0 Å². The highest BCUT2D eigenvalue weighted by Crippen LogP contribution is 2.51. The Balaban J connectivity index is 1.77. The summed E-state index contributed by atoms with van der Waals surface area (Å²) in [7, 11) is 0. The molecule has 2 fully saturated rings. The molecule has 0 nitrogen and oxygen atoms in total. The molecule has 2 aliphatic carbocycles. The molecule has 2 heteroatoms. The standard InChI is InChI=1S/C16H20ClF/c17-16(13-7-9-14(18)10-8-13)15(11-3-1-4-11)12-5-2-6-12/h7-12,15-16H,1-6H2. The number of alkyl halides is 1. The largest absolute Gasteiger partial charge is 0.207 e. The van der Waals surface area contributed by atoms with E-state index in [4.69, 9.17) is 11.6 Å². The van der Waals surface area contributed by atoms with Gasteiger partial charge in [-0.25, -0.2) is 4.39 Å². The molecular formula is C16H20ClF. The fourth-order valence-corrected chi connectivity index (χ4v) is 3.94. The highest BCUT2D eigenvalue weighted by Gasteiger charge is 2.40. The minimum atomic E-state index is -0.175. The van der Waals surface area contributed by atoms with Gasteiger partial charge in [0.1, 0.15) is 5.82 Å². The predicted octanol–water partition coefficient (Wildman–Crippen LogP) is 5.32. The average molecular weight is 267 g/mol. The van der Waals surface area contributed by atoms with Crippen LogP contribution in [0.15, 0.2) is 24.3 Å². The van der Waals surface area contributed by atoms with Crippen LogP contribution in [-0.2, 0) is 0 Å². The molecule has 1 unspecified atom stereocenters. The van der Waals surface area contributed by atoms with E-state index in [2.05, 4.69) is 0 Å². The molecule has 1 aromatic carbocycles. The van der Waals surface area contributed by atoms with Gasteiger partial charge in [-0.1, -0.05) is 50.7 Å². The minimum absolute atomic E-state index is 0.0706. The Morgan fingerprint density at radius 3 is 1.83 bits per heavy atom. The van der Waals surface area contributed by atoms with Crippen molar-refractivity contribution in [2.75, 3.05) is 0 Å². The first kappa shape index (κ1) is 12.5. The Morgan fingerprint density at radius 2 is 1.44 bits per heavy atom. The van der Waals surface area contributed by atoms with Crippen molar-refractivity contribution in [3.05, 3.63) is 35.6 Å². The quantitative estimate of drug-likeness (QED) is 0.647. The van der Waals surface area contributed by atoms with Crippen molar-refractivity contribution >= 4 is 11.6 Å². The van der Waals surface area contributed by atoms with E-state index in [0.717, 1.165) is 17.4 Å². The van der Waals surface area contributed by atoms with E-state index in [1.165, 1.54) is 50.7 Å². The summed E-state index contributed by atoms with van der Waals surface area (Å²) in [5.74, 6) is 2.05. The lowest BCUT2D eigenvalue weighted by molar-refractivity contribution is 0.0888. The monoisotopic (exact) mass is 266 g/mol. The van der Waals surface area contributed by atoms with Crippen molar-refractivity contribution in [3.63, 3.8) is 0 Å². The van der Waals surface area contributed by atoms with Gasteiger partial charge in [0.15, 0.2) is 0 Å². The lowest BCUT2D eigenvalue weighted by Gasteiger charge is -2.45. The number of hydrogen-bond donors (Lipinski definition) is 0. The topological polar surface area (TPSA) is 0 Å². The fraction of sp³-hybridized carbons (Fsp3) is 0.625. The third-order valence-corrected chi connectivity index (χ3v) is 5.46. The van der Waals surface area contributed by atoms with Crippen LogP contribution in [0.2, 0.25) is 0 Å². The summed E-state index contributed by atoms with van der Waals surface area (Å²) in [5.41, 5.74) is 1.10. The van der Waals surface area contributed by atoms with Crippen molar-refractivity contribution in [1.82, 2.24) is 0 Å². The molecule has 0 bridgehead atoms. The van der Waals surface area contributed by atoms with Gasteiger partial charge in [-0.3, -0.25) is 0 Å². The highest BCUT2D eigenvalue weighted by molar-refractivity contribution is 6.21. The molecule has 0 amide bonds. The smallest absolute Gasteiger partial charge is 0.123 e. The van der Waals surface area contributed by atoms with Gasteiger partial charge in [-0.2, -0.15) is 0 Å². The van der Waals surface area contributed by atoms with Crippen molar-refractivity contribution in [1.29, 1.82) is 0 Å². The average Bonchev–Trinajstić information content (AvgIpc) is 2.23. The number of hydrogen-bond acceptors (Lipinski definition) is 0. The number of rotatable bonds is 4. The third-order valence-electron chi connectivity index (χ3n) is 4.91. The van der Waals surface area contributed by atoms with E-state index >= 15 is 0 Å². The molecule has 0 saturated heterocycles. The van der Waals surface area contributed by atoms with Crippen LogP contribution in [0.25, 0.3) is 0 Å². The molecule has 0 aromatic heterocycles. The molecule has 2 aliphatic rings. The van der Waals surface area contributed by atoms with Crippen LogP contribution in [0.1, 0.15) is 49.5 Å². The molecule has 3 rings (SSSR count). The van der Waals surface area contributed by atoms with Gasteiger partial charge in [0, 0.05) is 0 Å². The molecule has 0 N–H and O–H groups in total. The third kappa shape index (κ3) is 2.30. The van der Waals surface area contributed by atoms with Crippen LogP contribution in [0.4, 0.5) is 4.39 Å². The maximum absolute atomic E-state index is 13.0. The van der Waals surface area contributed by atoms with E-state index in [-0.39, 0.29) is 11.2 Å². The Kier molecular flexibility index (Phi) is 3.61. The second-order valence-electron chi connectivity index (χ2n) is 5.91. The summed E-state index contributed by atoms with van der Waals surface area (Å²) < 4.78 is 13.0. The highest BCUT2D eigenvalue weighted by atomic mass is 35.5. The van der Waals surface area contributed by atoms with Crippen LogP contribution in [0.3, 0.4) is 0 Å². The molecule has 1 atom stereocenters. The lowest BCUT2D eigenvalue weighted by Crippen LogP contribution is -2.35. The van der Waals surface area contributed by atoms with E-state index in [1.807, 2.05) is 12.1 Å². The van der Waals surface area contributed by atoms with Gasteiger partial charge in [-0.15, -0.1) is 11.6 Å². The Morgan fingerprint density at radius 1 is 0.944 bits per heavy atom. The van der Waals surface area contributed by atoms with Crippen LogP contribution in [-0.4, -0.2) is 0 Å². The van der Waals surface area contributed by atoms with Crippen molar-refractivity contribution in [2.24, 2.45) is 17.8 Å². The van der Waals surface area contributed by atoms with Gasteiger partial charge in [0.05, 0.1) is 5.38 Å². The molecule has 98 valence electrons. The fourth-order valence-electron chi connectivity index (χ4n) is 3.38. The van der Waals surface area contributed by atoms with Gasteiger partial charge in [-0.05, 0) is 35.4 Å². The molecule has 0 radical (unpaired) electrons. The molecular weight excluding hydrogens is 247 g/mol. The Hall–Kier alpha value is -0.560. The van der Waals surface area contributed by atoms with E-state index in [1.54, 1.807) is 0 Å². The Labute approximate surface area is 114 Å². The summed E-state index contributed by atoms with van der Waals surface area (Å²) >= 11 is 6.72. The molecule has 18 heavy (non-hydrogen) atoms. The van der Waals surface area contributed by atoms with Crippen LogP contribution in [0.5, 0.6) is 0 Å². The number of benzene rings is 1. The maximum Gasteiger partial charge on any atom is 0.123 e. The molecule has 0 spiro atoms. The zero-order valence-electron chi connectivity index (χ0n) is 10.6. The maximum atomic E-state index is 13.0. The summed E-state index contributed by atoms with van der Waals surface area (Å²) in [6.07, 6.45) is 8.08. The molecule has 2 saturated carbocycles. The predicted molar refractivity (Wildman–Crippen MR) is 73.2 cm³/mol. The van der Waals surface area contributed by atoms with E-state index in [9.17, 15) is 4.39 Å². The van der Waals surface area contributed by atoms with Crippen molar-refractivity contribution in [2.45, 2.75) is 43.9 Å². The zero-order chi connectivity index (χ0) is 12.5. The first-order valence-electron chi connectivity index (χ1n) is 7.15. The Bertz CT molecular complexity index is 378. The SMILES string of the molecule is Fc1ccc(C(Cl)C(C2CCC2)C2CCC2)cc1. The summed E-state index contributed by atoms with van der Waals surface area (Å²) in [6.45, 7) is 0. The normalized spacial score (nSPS) is 22.6. The molecule has 1 aromatic rings. The number of halogens is 2. The first-order chi connectivity index (χ1) is 8.75. The van der Waals surface area contributed by atoms with Crippen LogP contribution >= 0.6 is 11.6 Å². The second-order valence-corrected chi connectivity index (χ2v) is 6.38. The molecule has 0 aliphatic heterocycles. The van der Waals surface area contributed by atoms with Crippen LogP contribution in [0, 0.1) is 23.6 Å². The second kappa shape index (κ2) is 5.21. The van der Waals surface area contributed by atoms with Gasteiger partial charge >= 0.3 is 0 Å². The summed E-state index contributed by atoms with van der Waals surface area (Å²) in [6, 6.07) is 6.78. The lowest BCUT2D eigenvalue weighted by atomic mass is 9.62. The summed E-state index contributed by atoms with van der Waals surface area (Å²) in [4.78, 5) is 0.